The molecule has 122 valence electrons. The summed E-state index contributed by atoms with van der Waals surface area (Å²) in [7, 11) is 0. The van der Waals surface area contributed by atoms with E-state index in [4.69, 9.17) is 4.74 Å². The highest BCUT2D eigenvalue weighted by molar-refractivity contribution is 5.96. The molecule has 1 N–H and O–H groups in total. The van der Waals surface area contributed by atoms with Gasteiger partial charge in [0.15, 0.2) is 0 Å². The topological polar surface area (TPSA) is 38.3 Å². The van der Waals surface area contributed by atoms with Crippen molar-refractivity contribution in [2.75, 3.05) is 6.61 Å². The number of rotatable bonds is 4. The molecule has 1 saturated carbocycles. The molecule has 1 atom stereocenters. The minimum atomic E-state index is -0.452. The monoisotopic (exact) mass is 315 g/mol. The van der Waals surface area contributed by atoms with E-state index in [1.807, 2.05) is 0 Å². The number of carbonyl (C=O) groups excluding carboxylic acids is 1. The predicted molar refractivity (Wildman–Crippen MR) is 87.3 cm³/mol. The summed E-state index contributed by atoms with van der Waals surface area (Å²) in [6, 6.07) is 6.35. The second kappa shape index (κ2) is 7.09. The van der Waals surface area contributed by atoms with E-state index in [1.165, 1.54) is 18.6 Å². The molecular formula is C19H22FNO2. The third kappa shape index (κ3) is 3.53. The number of halogens is 1. The van der Waals surface area contributed by atoms with Gasteiger partial charge in [0.05, 0.1) is 12.2 Å². The van der Waals surface area contributed by atoms with Crippen molar-refractivity contribution in [1.82, 2.24) is 5.32 Å². The van der Waals surface area contributed by atoms with Crippen LogP contribution in [-0.2, 0) is 9.53 Å². The van der Waals surface area contributed by atoms with Crippen LogP contribution in [0.25, 0.3) is 0 Å². The smallest absolute Gasteiger partial charge is 0.250 e. The van der Waals surface area contributed by atoms with Gasteiger partial charge in [-0.25, -0.2) is 4.39 Å². The molecule has 0 bridgehead atoms. The Kier molecular flexibility index (Phi) is 4.91. The van der Waals surface area contributed by atoms with Gasteiger partial charge in [0, 0.05) is 6.04 Å². The number of ether oxygens (including phenoxy) is 1. The Morgan fingerprint density at radius 2 is 1.91 bits per heavy atom. The summed E-state index contributed by atoms with van der Waals surface area (Å²) in [6.45, 7) is 4.15. The number of amides is 1. The Hall–Kier alpha value is -1.94. The van der Waals surface area contributed by atoms with Gasteiger partial charge in [0.2, 0.25) is 0 Å². The van der Waals surface area contributed by atoms with Gasteiger partial charge in [0.25, 0.3) is 5.91 Å². The Morgan fingerprint density at radius 3 is 2.57 bits per heavy atom. The summed E-state index contributed by atoms with van der Waals surface area (Å²) in [4.78, 5) is 12.8. The van der Waals surface area contributed by atoms with Gasteiger partial charge >= 0.3 is 0 Å². The van der Waals surface area contributed by atoms with Crippen LogP contribution in [0.1, 0.15) is 43.8 Å². The minimum absolute atomic E-state index is 0.0846. The van der Waals surface area contributed by atoms with Crippen LogP contribution in [0.2, 0.25) is 0 Å². The standard InChI is InChI=1S/C19H22FNO2/c1-2-13-12-23-18(14-8-10-15(20)11-9-14)17(13)19(22)21-16-6-4-3-5-7-16/h2,8-11,16,18H,1,3-7,12H2,(H,21,22). The van der Waals surface area contributed by atoms with E-state index in [0.29, 0.717) is 12.2 Å². The van der Waals surface area contributed by atoms with E-state index in [0.717, 1.165) is 36.8 Å². The summed E-state index contributed by atoms with van der Waals surface area (Å²) in [5.41, 5.74) is 2.21. The number of hydrogen-bond donors (Lipinski definition) is 1. The normalized spacial score (nSPS) is 22.2. The molecule has 4 heteroatoms. The zero-order chi connectivity index (χ0) is 16.2. The van der Waals surface area contributed by atoms with Crippen molar-refractivity contribution in [3.05, 3.63) is 59.4 Å². The first-order valence-corrected chi connectivity index (χ1v) is 8.22. The lowest BCUT2D eigenvalue weighted by Crippen LogP contribution is -2.38. The van der Waals surface area contributed by atoms with Crippen molar-refractivity contribution in [1.29, 1.82) is 0 Å². The number of benzene rings is 1. The maximum Gasteiger partial charge on any atom is 0.250 e. The van der Waals surface area contributed by atoms with Gasteiger partial charge in [-0.3, -0.25) is 4.79 Å². The van der Waals surface area contributed by atoms with Gasteiger partial charge in [-0.1, -0.05) is 44.1 Å². The third-order valence-electron chi connectivity index (χ3n) is 4.62. The molecule has 0 aromatic heterocycles. The quantitative estimate of drug-likeness (QED) is 0.917. The van der Waals surface area contributed by atoms with Crippen LogP contribution < -0.4 is 5.32 Å². The molecular weight excluding hydrogens is 293 g/mol. The van der Waals surface area contributed by atoms with Crippen LogP contribution in [-0.4, -0.2) is 18.6 Å². The molecule has 1 aliphatic carbocycles. The summed E-state index contributed by atoms with van der Waals surface area (Å²) >= 11 is 0. The molecule has 0 saturated heterocycles. The van der Waals surface area contributed by atoms with Crippen molar-refractivity contribution in [2.45, 2.75) is 44.2 Å². The Bertz CT molecular complexity index is 615. The SMILES string of the molecule is C=CC1=C(C(=O)NC2CCCCC2)C(c2ccc(F)cc2)OC1. The Labute approximate surface area is 136 Å². The molecule has 1 aliphatic heterocycles. The third-order valence-corrected chi connectivity index (χ3v) is 4.62. The largest absolute Gasteiger partial charge is 0.364 e. The first-order chi connectivity index (χ1) is 11.2. The average Bonchev–Trinajstić information content (AvgIpc) is 3.00. The zero-order valence-electron chi connectivity index (χ0n) is 13.2. The van der Waals surface area contributed by atoms with Crippen LogP contribution in [0.15, 0.2) is 48.1 Å². The van der Waals surface area contributed by atoms with Crippen molar-refractivity contribution in [3.63, 3.8) is 0 Å². The predicted octanol–water partition coefficient (Wildman–Crippen LogP) is 3.83. The van der Waals surface area contributed by atoms with Crippen LogP contribution in [0.5, 0.6) is 0 Å². The lowest BCUT2D eigenvalue weighted by Gasteiger charge is -2.24. The van der Waals surface area contributed by atoms with E-state index in [9.17, 15) is 9.18 Å². The Morgan fingerprint density at radius 1 is 1.22 bits per heavy atom. The van der Waals surface area contributed by atoms with Crippen LogP contribution >= 0.6 is 0 Å². The molecule has 1 fully saturated rings. The van der Waals surface area contributed by atoms with E-state index < -0.39 is 6.10 Å². The molecule has 3 rings (SSSR count). The van der Waals surface area contributed by atoms with E-state index in [-0.39, 0.29) is 17.8 Å². The Balaban J connectivity index is 1.81. The molecule has 3 nitrogen and oxygen atoms in total. The molecule has 1 aromatic carbocycles. The number of hydrogen-bond acceptors (Lipinski definition) is 2. The van der Waals surface area contributed by atoms with Gasteiger partial charge in [-0.15, -0.1) is 0 Å². The first kappa shape index (κ1) is 15.9. The van der Waals surface area contributed by atoms with Crippen molar-refractivity contribution in [2.24, 2.45) is 0 Å². The maximum absolute atomic E-state index is 13.1. The van der Waals surface area contributed by atoms with Gasteiger partial charge < -0.3 is 10.1 Å². The molecule has 1 heterocycles. The van der Waals surface area contributed by atoms with Crippen LogP contribution in [0.3, 0.4) is 0 Å². The van der Waals surface area contributed by atoms with E-state index in [2.05, 4.69) is 11.9 Å². The molecule has 2 aliphatic rings. The molecule has 1 amide bonds. The molecule has 0 radical (unpaired) electrons. The fraction of sp³-hybridized carbons (Fsp3) is 0.421. The van der Waals surface area contributed by atoms with Crippen molar-refractivity contribution in [3.8, 4) is 0 Å². The lowest BCUT2D eigenvalue weighted by molar-refractivity contribution is -0.119. The second-order valence-electron chi connectivity index (χ2n) is 6.19. The summed E-state index contributed by atoms with van der Waals surface area (Å²) in [6.07, 6.45) is 6.86. The van der Waals surface area contributed by atoms with Gasteiger partial charge in [-0.2, -0.15) is 0 Å². The van der Waals surface area contributed by atoms with E-state index in [1.54, 1.807) is 18.2 Å². The van der Waals surface area contributed by atoms with Crippen molar-refractivity contribution < 1.29 is 13.9 Å². The second-order valence-corrected chi connectivity index (χ2v) is 6.19. The molecule has 1 aromatic rings. The van der Waals surface area contributed by atoms with Gasteiger partial charge in [-0.05, 0) is 36.1 Å². The minimum Gasteiger partial charge on any atom is -0.364 e. The fourth-order valence-corrected chi connectivity index (χ4v) is 3.35. The molecule has 23 heavy (non-hydrogen) atoms. The average molecular weight is 315 g/mol. The summed E-state index contributed by atoms with van der Waals surface area (Å²) in [5, 5.41) is 3.14. The number of nitrogens with one attached hydrogen (secondary N) is 1. The fourth-order valence-electron chi connectivity index (χ4n) is 3.35. The summed E-state index contributed by atoms with van der Waals surface area (Å²) < 4.78 is 18.9. The highest BCUT2D eigenvalue weighted by Gasteiger charge is 2.32. The lowest BCUT2D eigenvalue weighted by atomic mass is 9.94. The van der Waals surface area contributed by atoms with Gasteiger partial charge in [0.1, 0.15) is 11.9 Å². The highest BCUT2D eigenvalue weighted by Crippen LogP contribution is 2.35. The van der Waals surface area contributed by atoms with Crippen LogP contribution in [0, 0.1) is 5.82 Å². The zero-order valence-corrected chi connectivity index (χ0v) is 13.2. The number of carbonyl (C=O) groups is 1. The first-order valence-electron chi connectivity index (χ1n) is 8.22. The molecule has 1 unspecified atom stereocenters. The summed E-state index contributed by atoms with van der Waals surface area (Å²) in [5.74, 6) is -0.383. The highest BCUT2D eigenvalue weighted by atomic mass is 19.1. The van der Waals surface area contributed by atoms with Crippen molar-refractivity contribution >= 4 is 5.91 Å². The maximum atomic E-state index is 13.1. The van der Waals surface area contributed by atoms with E-state index >= 15 is 0 Å². The molecule has 0 spiro atoms. The van der Waals surface area contributed by atoms with Crippen LogP contribution in [0.4, 0.5) is 4.39 Å².